The summed E-state index contributed by atoms with van der Waals surface area (Å²) in [5.74, 6) is 0.178. The normalized spacial score (nSPS) is 14.4. The van der Waals surface area contributed by atoms with Gasteiger partial charge in [0.15, 0.2) is 0 Å². The molecular weight excluding hydrogens is 355 g/mol. The first-order valence-corrected chi connectivity index (χ1v) is 8.35. The number of hydrogen-bond acceptors (Lipinski definition) is 5. The third-order valence-corrected chi connectivity index (χ3v) is 4.09. The molecule has 2 aromatic carbocycles. The Hall–Kier alpha value is -1.89. The van der Waals surface area contributed by atoms with Crippen LogP contribution < -0.4 is 39.4 Å². The number of carbonyl (C=O) groups excluding carboxylic acids is 1. The van der Waals surface area contributed by atoms with Crippen molar-refractivity contribution in [3.63, 3.8) is 0 Å². The Morgan fingerprint density at radius 2 is 1.59 bits per heavy atom. The molecule has 0 radical (unpaired) electrons. The van der Waals surface area contributed by atoms with Gasteiger partial charge in [0, 0.05) is 29.9 Å². The van der Waals surface area contributed by atoms with E-state index in [-0.39, 0.29) is 36.0 Å². The summed E-state index contributed by atoms with van der Waals surface area (Å²) in [5, 5.41) is 29.9. The fraction of sp³-hybridized carbons (Fsp3) is 0.190. The quantitative estimate of drug-likeness (QED) is 0.543. The molecule has 27 heavy (non-hydrogen) atoms. The van der Waals surface area contributed by atoms with Crippen LogP contribution in [0.3, 0.4) is 0 Å². The van der Waals surface area contributed by atoms with E-state index in [0.29, 0.717) is 0 Å². The van der Waals surface area contributed by atoms with E-state index >= 15 is 0 Å². The molecular formula is C21H19NaO5. The maximum Gasteiger partial charge on any atom is 1.00 e. The molecule has 1 aliphatic heterocycles. The Morgan fingerprint density at radius 1 is 1.04 bits per heavy atom. The molecule has 2 N–H and O–H groups in total. The van der Waals surface area contributed by atoms with Gasteiger partial charge in [0.2, 0.25) is 0 Å². The van der Waals surface area contributed by atoms with Gasteiger partial charge >= 0.3 is 29.6 Å². The predicted octanol–water partition coefficient (Wildman–Crippen LogP) is -0.964. The van der Waals surface area contributed by atoms with Gasteiger partial charge in [-0.1, -0.05) is 54.6 Å². The molecule has 0 amide bonds. The number of benzene rings is 2. The number of hydrogen-bond donors (Lipinski definition) is 2. The fourth-order valence-electron chi connectivity index (χ4n) is 2.91. The number of carboxylic acids is 1. The summed E-state index contributed by atoms with van der Waals surface area (Å²) >= 11 is 0. The zero-order valence-electron chi connectivity index (χ0n) is 15.0. The summed E-state index contributed by atoms with van der Waals surface area (Å²) < 4.78 is 5.92. The molecule has 0 fully saturated rings. The number of allylic oxidation sites excluding steroid dienone is 2. The van der Waals surface area contributed by atoms with Gasteiger partial charge in [0.05, 0.1) is 12.2 Å². The van der Waals surface area contributed by atoms with Gasteiger partial charge in [0.1, 0.15) is 11.5 Å². The van der Waals surface area contributed by atoms with Crippen molar-refractivity contribution in [2.75, 3.05) is 0 Å². The Morgan fingerprint density at radius 3 is 2.15 bits per heavy atom. The monoisotopic (exact) mass is 374 g/mol. The van der Waals surface area contributed by atoms with Crippen LogP contribution in [-0.2, 0) is 4.79 Å². The van der Waals surface area contributed by atoms with Crippen LogP contribution in [0.25, 0.3) is 5.57 Å². The van der Waals surface area contributed by atoms with E-state index in [0.717, 1.165) is 28.2 Å². The molecule has 2 aromatic rings. The van der Waals surface area contributed by atoms with Crippen molar-refractivity contribution in [1.29, 1.82) is 0 Å². The molecule has 0 unspecified atom stereocenters. The summed E-state index contributed by atoms with van der Waals surface area (Å²) in [5.41, 5.74) is 2.85. The van der Waals surface area contributed by atoms with E-state index in [9.17, 15) is 20.1 Å². The average Bonchev–Trinajstić information content (AvgIpc) is 2.60. The van der Waals surface area contributed by atoms with Gasteiger partial charge in [0.25, 0.3) is 0 Å². The minimum Gasteiger partial charge on any atom is -0.550 e. The largest absolute Gasteiger partial charge is 1.00 e. The molecule has 1 aliphatic rings. The molecule has 1 heterocycles. The minimum absolute atomic E-state index is 0. The second-order valence-corrected chi connectivity index (χ2v) is 6.09. The first kappa shape index (κ1) is 21.4. The molecule has 6 heteroatoms. The van der Waals surface area contributed by atoms with Gasteiger partial charge in [-0.25, -0.2) is 0 Å². The molecule has 0 spiro atoms. The Labute approximate surface area is 179 Å². The second-order valence-electron chi connectivity index (χ2n) is 6.09. The maximum absolute atomic E-state index is 10.5. The molecule has 0 aliphatic carbocycles. The SMILES string of the molecule is O=C([O-])C[C@H](O)C[C@H](O)/C=C/C=C1c2ccccc2Oc2ccccc21.[Na+]. The second kappa shape index (κ2) is 9.88. The number of aliphatic carboxylic acids is 1. The van der Waals surface area contributed by atoms with Crippen LogP contribution in [0.5, 0.6) is 11.5 Å². The number of ether oxygens (including phenoxy) is 1. The first-order chi connectivity index (χ1) is 12.5. The van der Waals surface area contributed by atoms with Crippen LogP contribution in [0.1, 0.15) is 24.0 Å². The number of aliphatic hydroxyl groups excluding tert-OH is 2. The molecule has 0 bridgehead atoms. The number of carboxylic acid groups (broad SMARTS) is 1. The third-order valence-electron chi connectivity index (χ3n) is 4.09. The number of rotatable bonds is 6. The zero-order chi connectivity index (χ0) is 18.5. The van der Waals surface area contributed by atoms with E-state index in [4.69, 9.17) is 4.74 Å². The van der Waals surface area contributed by atoms with Crippen molar-refractivity contribution >= 4 is 11.5 Å². The van der Waals surface area contributed by atoms with Crippen LogP contribution in [0.15, 0.2) is 66.8 Å². The topological polar surface area (TPSA) is 89.8 Å². The van der Waals surface area contributed by atoms with Crippen molar-refractivity contribution < 1.29 is 54.4 Å². The minimum atomic E-state index is -1.34. The van der Waals surface area contributed by atoms with Gasteiger partial charge < -0.3 is 24.9 Å². The van der Waals surface area contributed by atoms with Crippen molar-refractivity contribution in [3.05, 3.63) is 77.9 Å². The number of aliphatic hydroxyl groups is 2. The van der Waals surface area contributed by atoms with Gasteiger partial charge in [-0.05, 0) is 17.7 Å². The van der Waals surface area contributed by atoms with Crippen LogP contribution >= 0.6 is 0 Å². The smallest absolute Gasteiger partial charge is 0.550 e. The number of fused-ring (bicyclic) bond motifs is 2. The average molecular weight is 374 g/mol. The Kier molecular flexibility index (Phi) is 7.83. The summed E-state index contributed by atoms with van der Waals surface area (Å²) in [7, 11) is 0. The van der Waals surface area contributed by atoms with E-state index in [1.54, 1.807) is 6.08 Å². The standard InChI is InChI=1S/C21H20O5.Na/c22-14(12-15(23)13-21(24)25)6-5-9-16-17-7-1-3-10-19(17)26-20-11-4-2-8-18(16)20;/h1-11,14-15,22-23H,12-13H2,(H,24,25);/q;+1/p-1/b6-5+;/t14-,15-;/m1./s1. The van der Waals surface area contributed by atoms with Crippen LogP contribution in [0.2, 0.25) is 0 Å². The van der Waals surface area contributed by atoms with Gasteiger partial charge in [-0.2, -0.15) is 0 Å². The Balaban J connectivity index is 0.00000261. The fourth-order valence-corrected chi connectivity index (χ4v) is 2.91. The first-order valence-electron chi connectivity index (χ1n) is 8.35. The molecule has 0 saturated heterocycles. The van der Waals surface area contributed by atoms with Gasteiger partial charge in [-0.15, -0.1) is 0 Å². The summed E-state index contributed by atoms with van der Waals surface area (Å²) in [6.45, 7) is 0. The van der Waals surface area contributed by atoms with Gasteiger partial charge in [-0.3, -0.25) is 0 Å². The van der Waals surface area contributed by atoms with Crippen LogP contribution in [0.4, 0.5) is 0 Å². The number of para-hydroxylation sites is 2. The van der Waals surface area contributed by atoms with E-state index in [2.05, 4.69) is 0 Å². The maximum atomic E-state index is 10.5. The molecule has 3 rings (SSSR count). The third kappa shape index (κ3) is 5.54. The van der Waals surface area contributed by atoms with Crippen LogP contribution in [-0.4, -0.2) is 28.4 Å². The van der Waals surface area contributed by atoms with Crippen molar-refractivity contribution in [2.24, 2.45) is 0 Å². The molecule has 134 valence electrons. The van der Waals surface area contributed by atoms with Crippen molar-refractivity contribution in [2.45, 2.75) is 25.0 Å². The molecule has 2 atom stereocenters. The predicted molar refractivity (Wildman–Crippen MR) is 95.4 cm³/mol. The number of carbonyl (C=O) groups is 1. The summed E-state index contributed by atoms with van der Waals surface area (Å²) in [6, 6.07) is 15.4. The zero-order valence-corrected chi connectivity index (χ0v) is 17.0. The molecule has 0 aromatic heterocycles. The van der Waals surface area contributed by atoms with E-state index in [1.807, 2.05) is 54.6 Å². The van der Waals surface area contributed by atoms with Crippen molar-refractivity contribution in [1.82, 2.24) is 0 Å². The molecule has 0 saturated carbocycles. The summed E-state index contributed by atoms with van der Waals surface area (Å²) in [4.78, 5) is 10.5. The van der Waals surface area contributed by atoms with E-state index < -0.39 is 24.6 Å². The Bertz CT molecular complexity index is 812. The van der Waals surface area contributed by atoms with Crippen molar-refractivity contribution in [3.8, 4) is 11.5 Å². The van der Waals surface area contributed by atoms with Crippen LogP contribution in [0, 0.1) is 0 Å². The molecule has 5 nitrogen and oxygen atoms in total. The van der Waals surface area contributed by atoms with E-state index in [1.165, 1.54) is 6.08 Å². The summed E-state index contributed by atoms with van der Waals surface area (Å²) in [6.07, 6.45) is 2.43.